The Labute approximate surface area is 252 Å². The number of para-hydroxylation sites is 1. The maximum absolute atomic E-state index is 15.0. The van der Waals surface area contributed by atoms with Gasteiger partial charge in [0, 0.05) is 38.1 Å². The summed E-state index contributed by atoms with van der Waals surface area (Å²) in [5.41, 5.74) is 1.15. The third-order valence-corrected chi connectivity index (χ3v) is 9.59. The van der Waals surface area contributed by atoms with E-state index in [-0.39, 0.29) is 30.6 Å². The highest BCUT2D eigenvalue weighted by Gasteiger charge is 2.36. The van der Waals surface area contributed by atoms with Crippen LogP contribution in [0.2, 0.25) is 5.02 Å². The molecule has 1 aliphatic carbocycles. The molecule has 0 aliphatic heterocycles. The molecule has 1 aliphatic rings. The Morgan fingerprint density at radius 3 is 2.21 bits per heavy atom. The van der Waals surface area contributed by atoms with Crippen molar-refractivity contribution in [2.24, 2.45) is 0 Å². The van der Waals surface area contributed by atoms with Crippen molar-refractivity contribution in [3.05, 3.63) is 101 Å². The van der Waals surface area contributed by atoms with Crippen molar-refractivity contribution >= 4 is 39.3 Å². The Hall–Kier alpha value is -3.47. The maximum Gasteiger partial charge on any atom is 0.304 e. The van der Waals surface area contributed by atoms with Gasteiger partial charge in [-0.25, -0.2) is 8.70 Å². The standard InChI is InChI=1S/C31H36ClFN4O4S/c1-35(2)42(40,41)37(28-19-11-10-18-27(28)33)22-30(38)36(21-24-14-6-9-17-26(24)32)29(20-23-12-4-3-5-13-23)31(39)34-25-15-7-8-16-25/h3-6,9-14,17-19,25,29H,7-8,15-16,20-22H2,1-2H3,(H,34,39)/t29-/m1/s1. The fourth-order valence-corrected chi connectivity index (χ4v) is 6.35. The van der Waals surface area contributed by atoms with Gasteiger partial charge in [-0.2, -0.15) is 12.7 Å². The fourth-order valence-electron chi connectivity index (χ4n) is 5.09. The number of nitrogens with zero attached hydrogens (tertiary/aromatic N) is 3. The van der Waals surface area contributed by atoms with Crippen LogP contribution in [0.15, 0.2) is 78.9 Å². The molecule has 0 aromatic heterocycles. The van der Waals surface area contributed by atoms with Gasteiger partial charge in [0.2, 0.25) is 11.8 Å². The van der Waals surface area contributed by atoms with Crippen LogP contribution in [-0.4, -0.2) is 62.2 Å². The SMILES string of the molecule is CN(C)S(=O)(=O)N(CC(=O)N(Cc1ccccc1Cl)[C@H](Cc1ccccc1)C(=O)NC1CCCC1)c1ccccc1F. The van der Waals surface area contributed by atoms with Crippen LogP contribution >= 0.6 is 11.6 Å². The van der Waals surface area contributed by atoms with E-state index in [4.69, 9.17) is 11.6 Å². The summed E-state index contributed by atoms with van der Waals surface area (Å²) in [6.45, 7) is -0.783. The Bertz CT molecular complexity index is 1480. The van der Waals surface area contributed by atoms with Gasteiger partial charge in [0.05, 0.1) is 5.69 Å². The summed E-state index contributed by atoms with van der Waals surface area (Å²) in [4.78, 5) is 29.5. The number of carbonyl (C=O) groups excluding carboxylic acids is 2. The first-order valence-electron chi connectivity index (χ1n) is 13.9. The lowest BCUT2D eigenvalue weighted by Crippen LogP contribution is -2.55. The molecule has 0 saturated heterocycles. The largest absolute Gasteiger partial charge is 0.352 e. The molecule has 1 N–H and O–H groups in total. The van der Waals surface area contributed by atoms with Crippen LogP contribution in [-0.2, 0) is 32.8 Å². The van der Waals surface area contributed by atoms with Gasteiger partial charge >= 0.3 is 10.2 Å². The number of nitrogens with one attached hydrogen (secondary N) is 1. The highest BCUT2D eigenvalue weighted by atomic mass is 35.5. The molecule has 0 bridgehead atoms. The number of rotatable bonds is 12. The lowest BCUT2D eigenvalue weighted by Gasteiger charge is -2.35. The van der Waals surface area contributed by atoms with E-state index >= 15 is 0 Å². The van der Waals surface area contributed by atoms with Crippen molar-refractivity contribution in [2.75, 3.05) is 24.9 Å². The molecule has 11 heteroatoms. The second-order valence-corrected chi connectivity index (χ2v) is 13.0. The molecule has 0 heterocycles. The quantitative estimate of drug-likeness (QED) is 0.318. The fraction of sp³-hybridized carbons (Fsp3) is 0.355. The number of carbonyl (C=O) groups is 2. The van der Waals surface area contributed by atoms with Gasteiger partial charge in [-0.15, -0.1) is 0 Å². The molecule has 1 saturated carbocycles. The van der Waals surface area contributed by atoms with Gasteiger partial charge in [0.1, 0.15) is 18.4 Å². The molecule has 1 fully saturated rings. The van der Waals surface area contributed by atoms with Crippen molar-refractivity contribution in [2.45, 2.75) is 50.7 Å². The number of benzene rings is 3. The minimum atomic E-state index is -4.30. The molecule has 1 atom stereocenters. The average molecular weight is 615 g/mol. The Morgan fingerprint density at radius 1 is 0.952 bits per heavy atom. The van der Waals surface area contributed by atoms with E-state index in [2.05, 4.69) is 5.32 Å². The Kier molecular flexibility index (Phi) is 10.6. The normalized spacial score (nSPS) is 14.5. The third-order valence-electron chi connectivity index (χ3n) is 7.41. The van der Waals surface area contributed by atoms with Gasteiger partial charge in [-0.1, -0.05) is 85.1 Å². The predicted molar refractivity (Wildman–Crippen MR) is 163 cm³/mol. The Balaban J connectivity index is 1.77. The smallest absolute Gasteiger partial charge is 0.304 e. The van der Waals surface area contributed by atoms with Gasteiger partial charge in [0.25, 0.3) is 0 Å². The van der Waals surface area contributed by atoms with Crippen molar-refractivity contribution in [3.63, 3.8) is 0 Å². The highest BCUT2D eigenvalue weighted by Crippen LogP contribution is 2.26. The van der Waals surface area contributed by atoms with Gasteiger partial charge < -0.3 is 10.2 Å². The number of anilines is 1. The third kappa shape index (κ3) is 7.67. The molecule has 224 valence electrons. The minimum absolute atomic E-state index is 0.00271. The molecule has 4 rings (SSSR count). The van der Waals surface area contributed by atoms with Crippen LogP contribution in [0.1, 0.15) is 36.8 Å². The van der Waals surface area contributed by atoms with E-state index < -0.39 is 34.5 Å². The second kappa shape index (κ2) is 14.1. The first-order chi connectivity index (χ1) is 20.1. The van der Waals surface area contributed by atoms with Crippen molar-refractivity contribution in [3.8, 4) is 0 Å². The van der Waals surface area contributed by atoms with Crippen LogP contribution in [0.25, 0.3) is 0 Å². The van der Waals surface area contributed by atoms with Crippen LogP contribution in [0, 0.1) is 5.82 Å². The summed E-state index contributed by atoms with van der Waals surface area (Å²) in [6, 6.07) is 20.7. The van der Waals surface area contributed by atoms with Gasteiger partial charge in [-0.05, 0) is 42.2 Å². The maximum atomic E-state index is 15.0. The van der Waals surface area contributed by atoms with E-state index in [1.54, 1.807) is 24.3 Å². The zero-order chi connectivity index (χ0) is 30.3. The summed E-state index contributed by atoms with van der Waals surface area (Å²) in [7, 11) is -1.68. The number of halogens is 2. The van der Waals surface area contributed by atoms with Crippen LogP contribution < -0.4 is 9.62 Å². The van der Waals surface area contributed by atoms with Gasteiger partial charge in [-0.3, -0.25) is 9.59 Å². The topological polar surface area (TPSA) is 90.0 Å². The van der Waals surface area contributed by atoms with Gasteiger partial charge in [0.15, 0.2) is 0 Å². The average Bonchev–Trinajstić information content (AvgIpc) is 3.48. The zero-order valence-corrected chi connectivity index (χ0v) is 25.3. The zero-order valence-electron chi connectivity index (χ0n) is 23.7. The number of hydrogen-bond donors (Lipinski definition) is 1. The molecular formula is C31H36ClFN4O4S. The molecule has 0 spiro atoms. The monoisotopic (exact) mass is 614 g/mol. The summed E-state index contributed by atoms with van der Waals surface area (Å²) < 4.78 is 43.4. The van der Waals surface area contributed by atoms with Crippen molar-refractivity contribution in [1.29, 1.82) is 0 Å². The molecule has 0 unspecified atom stereocenters. The molecular weight excluding hydrogens is 579 g/mol. The molecule has 3 aromatic rings. The number of amides is 2. The Morgan fingerprint density at radius 2 is 1.57 bits per heavy atom. The molecule has 42 heavy (non-hydrogen) atoms. The minimum Gasteiger partial charge on any atom is -0.352 e. The van der Waals surface area contributed by atoms with Crippen LogP contribution in [0.4, 0.5) is 10.1 Å². The molecule has 8 nitrogen and oxygen atoms in total. The summed E-state index contributed by atoms with van der Waals surface area (Å²) in [5, 5.41) is 3.51. The summed E-state index contributed by atoms with van der Waals surface area (Å²) in [6.07, 6.45) is 3.91. The predicted octanol–water partition coefficient (Wildman–Crippen LogP) is 4.79. The van der Waals surface area contributed by atoms with Crippen molar-refractivity contribution < 1.29 is 22.4 Å². The lowest BCUT2D eigenvalue weighted by molar-refractivity contribution is -0.140. The first kappa shape index (κ1) is 31.5. The van der Waals surface area contributed by atoms with E-state index in [1.807, 2.05) is 30.3 Å². The summed E-state index contributed by atoms with van der Waals surface area (Å²) >= 11 is 6.49. The van der Waals surface area contributed by atoms with E-state index in [0.29, 0.717) is 10.6 Å². The van der Waals surface area contributed by atoms with E-state index in [0.717, 1.165) is 45.9 Å². The van der Waals surface area contributed by atoms with Crippen LogP contribution in [0.5, 0.6) is 0 Å². The molecule has 0 radical (unpaired) electrons. The number of hydrogen-bond acceptors (Lipinski definition) is 4. The summed E-state index contributed by atoms with van der Waals surface area (Å²) in [5.74, 6) is -1.81. The first-order valence-corrected chi connectivity index (χ1v) is 15.7. The second-order valence-electron chi connectivity index (χ2n) is 10.6. The van der Waals surface area contributed by atoms with E-state index in [1.165, 1.54) is 37.2 Å². The molecule has 2 amide bonds. The molecule has 3 aromatic carbocycles. The van der Waals surface area contributed by atoms with E-state index in [9.17, 15) is 22.4 Å². The van der Waals surface area contributed by atoms with Crippen molar-refractivity contribution in [1.82, 2.24) is 14.5 Å². The van der Waals surface area contributed by atoms with Crippen LogP contribution in [0.3, 0.4) is 0 Å². The highest BCUT2D eigenvalue weighted by molar-refractivity contribution is 7.90. The lowest BCUT2D eigenvalue weighted by atomic mass is 10.0.